The van der Waals surface area contributed by atoms with Crippen LogP contribution in [0.1, 0.15) is 28.8 Å². The molecule has 0 radical (unpaired) electrons. The zero-order valence-electron chi connectivity index (χ0n) is 9.35. The molecule has 0 aromatic heterocycles. The highest BCUT2D eigenvalue weighted by Gasteiger charge is 2.28. The van der Waals surface area contributed by atoms with Gasteiger partial charge in [-0.15, -0.1) is 0 Å². The van der Waals surface area contributed by atoms with Crippen LogP contribution in [0.25, 0.3) is 0 Å². The molecule has 0 spiro atoms. The lowest BCUT2D eigenvalue weighted by Crippen LogP contribution is -2.36. The summed E-state index contributed by atoms with van der Waals surface area (Å²) in [6.45, 7) is 2.65. The van der Waals surface area contributed by atoms with Crippen LogP contribution >= 0.6 is 0 Å². The van der Waals surface area contributed by atoms with Gasteiger partial charge in [-0.2, -0.15) is 0 Å². The molecule has 1 aliphatic rings. The van der Waals surface area contributed by atoms with Crippen molar-refractivity contribution in [3.8, 4) is 0 Å². The highest BCUT2D eigenvalue weighted by Crippen LogP contribution is 2.18. The first-order valence-corrected chi connectivity index (χ1v) is 5.55. The van der Waals surface area contributed by atoms with Crippen molar-refractivity contribution in [3.63, 3.8) is 0 Å². The van der Waals surface area contributed by atoms with Gasteiger partial charge < -0.3 is 9.69 Å². The van der Waals surface area contributed by atoms with Crippen LogP contribution in [0, 0.1) is 6.92 Å². The predicted octanol–water partition coefficient (Wildman–Crippen LogP) is 1.80. The summed E-state index contributed by atoms with van der Waals surface area (Å²) in [5, 5.41) is 0. The maximum absolute atomic E-state index is 12.1. The van der Waals surface area contributed by atoms with E-state index >= 15 is 0 Å². The first kappa shape index (κ1) is 10.9. The van der Waals surface area contributed by atoms with Gasteiger partial charge in [-0.3, -0.25) is 4.79 Å². The average molecular weight is 217 g/mol. The van der Waals surface area contributed by atoms with Gasteiger partial charge in [0.2, 0.25) is 0 Å². The molecule has 1 aromatic carbocycles. The van der Waals surface area contributed by atoms with E-state index in [2.05, 4.69) is 0 Å². The first-order valence-electron chi connectivity index (χ1n) is 5.55. The minimum atomic E-state index is -0.229. The van der Waals surface area contributed by atoms with Crippen molar-refractivity contribution in [1.82, 2.24) is 4.90 Å². The molecule has 0 saturated carbocycles. The van der Waals surface area contributed by atoms with Crippen LogP contribution in [0.4, 0.5) is 0 Å². The van der Waals surface area contributed by atoms with Crippen LogP contribution in [-0.4, -0.2) is 29.7 Å². The van der Waals surface area contributed by atoms with E-state index in [-0.39, 0.29) is 11.9 Å². The van der Waals surface area contributed by atoms with Gasteiger partial charge in [0.25, 0.3) is 5.91 Å². The number of rotatable bonds is 2. The Balaban J connectivity index is 2.21. The van der Waals surface area contributed by atoms with E-state index in [0.29, 0.717) is 12.1 Å². The van der Waals surface area contributed by atoms with E-state index in [1.165, 1.54) is 0 Å². The second-order valence-electron chi connectivity index (χ2n) is 4.21. The zero-order valence-corrected chi connectivity index (χ0v) is 9.35. The fraction of sp³-hybridized carbons (Fsp3) is 0.385. The molecule has 2 rings (SSSR count). The number of aldehydes is 1. The SMILES string of the molecule is Cc1cccc(C(=O)N2CCCC2C=O)c1. The molecule has 16 heavy (non-hydrogen) atoms. The predicted molar refractivity (Wildman–Crippen MR) is 61.3 cm³/mol. The molecule has 3 heteroatoms. The van der Waals surface area contributed by atoms with Crippen molar-refractivity contribution >= 4 is 12.2 Å². The molecule has 1 aromatic rings. The summed E-state index contributed by atoms with van der Waals surface area (Å²) < 4.78 is 0. The normalized spacial score (nSPS) is 19.8. The van der Waals surface area contributed by atoms with Crippen LogP contribution in [0.5, 0.6) is 0 Å². The number of carbonyl (C=O) groups is 2. The van der Waals surface area contributed by atoms with Crippen LogP contribution in [0.15, 0.2) is 24.3 Å². The third-order valence-corrected chi connectivity index (χ3v) is 2.98. The molecule has 0 N–H and O–H groups in total. The maximum Gasteiger partial charge on any atom is 0.254 e. The minimum Gasteiger partial charge on any atom is -0.329 e. The Bertz CT molecular complexity index is 414. The number of nitrogens with zero attached hydrogens (tertiary/aromatic N) is 1. The Morgan fingerprint density at radius 3 is 3.00 bits per heavy atom. The summed E-state index contributed by atoms with van der Waals surface area (Å²) in [5.41, 5.74) is 1.74. The molecule has 0 bridgehead atoms. The molecular formula is C13H15NO2. The van der Waals surface area contributed by atoms with Gasteiger partial charge in [0.1, 0.15) is 6.29 Å². The average Bonchev–Trinajstić information content (AvgIpc) is 2.76. The van der Waals surface area contributed by atoms with Crippen molar-refractivity contribution in [1.29, 1.82) is 0 Å². The van der Waals surface area contributed by atoms with E-state index in [0.717, 1.165) is 24.7 Å². The Morgan fingerprint density at radius 2 is 2.31 bits per heavy atom. The molecule has 84 valence electrons. The summed E-state index contributed by atoms with van der Waals surface area (Å²) in [6, 6.07) is 7.26. The summed E-state index contributed by atoms with van der Waals surface area (Å²) in [6.07, 6.45) is 2.59. The Hall–Kier alpha value is -1.64. The van der Waals surface area contributed by atoms with Crippen LogP contribution in [-0.2, 0) is 4.79 Å². The number of amides is 1. The zero-order chi connectivity index (χ0) is 11.5. The van der Waals surface area contributed by atoms with Gasteiger partial charge in [-0.25, -0.2) is 0 Å². The van der Waals surface area contributed by atoms with Gasteiger partial charge in [-0.1, -0.05) is 17.7 Å². The van der Waals surface area contributed by atoms with Crippen molar-refractivity contribution < 1.29 is 9.59 Å². The third-order valence-electron chi connectivity index (χ3n) is 2.98. The van der Waals surface area contributed by atoms with E-state index in [1.807, 2.05) is 25.1 Å². The number of aryl methyl sites for hydroxylation is 1. The molecule has 1 amide bonds. The fourth-order valence-corrected chi connectivity index (χ4v) is 2.13. The van der Waals surface area contributed by atoms with Gasteiger partial charge in [0.05, 0.1) is 6.04 Å². The van der Waals surface area contributed by atoms with Crippen LogP contribution < -0.4 is 0 Å². The lowest BCUT2D eigenvalue weighted by Gasteiger charge is -2.20. The van der Waals surface area contributed by atoms with Gasteiger partial charge in [-0.05, 0) is 31.9 Å². The molecule has 1 fully saturated rings. The van der Waals surface area contributed by atoms with Crippen molar-refractivity contribution in [2.24, 2.45) is 0 Å². The van der Waals surface area contributed by atoms with Crippen molar-refractivity contribution in [2.75, 3.05) is 6.54 Å². The Kier molecular flexibility index (Phi) is 3.04. The maximum atomic E-state index is 12.1. The molecular weight excluding hydrogens is 202 g/mol. The monoisotopic (exact) mass is 217 g/mol. The Morgan fingerprint density at radius 1 is 1.50 bits per heavy atom. The number of likely N-dealkylation sites (tertiary alicyclic amines) is 1. The number of carbonyl (C=O) groups excluding carboxylic acids is 2. The number of benzene rings is 1. The van der Waals surface area contributed by atoms with Gasteiger partial charge in [0.15, 0.2) is 0 Å². The molecule has 1 unspecified atom stereocenters. The van der Waals surface area contributed by atoms with E-state index in [4.69, 9.17) is 0 Å². The smallest absolute Gasteiger partial charge is 0.254 e. The van der Waals surface area contributed by atoms with Crippen molar-refractivity contribution in [2.45, 2.75) is 25.8 Å². The topological polar surface area (TPSA) is 37.4 Å². The molecule has 0 aliphatic carbocycles. The summed E-state index contributed by atoms with van der Waals surface area (Å²) >= 11 is 0. The highest BCUT2D eigenvalue weighted by atomic mass is 16.2. The second-order valence-corrected chi connectivity index (χ2v) is 4.21. The highest BCUT2D eigenvalue weighted by molar-refractivity contribution is 5.96. The number of hydrogen-bond acceptors (Lipinski definition) is 2. The van der Waals surface area contributed by atoms with Crippen LogP contribution in [0.3, 0.4) is 0 Å². The summed E-state index contributed by atoms with van der Waals surface area (Å²) in [7, 11) is 0. The van der Waals surface area contributed by atoms with Gasteiger partial charge >= 0.3 is 0 Å². The fourth-order valence-electron chi connectivity index (χ4n) is 2.13. The quantitative estimate of drug-likeness (QED) is 0.708. The summed E-state index contributed by atoms with van der Waals surface area (Å²) in [5.74, 6) is -0.0294. The largest absolute Gasteiger partial charge is 0.329 e. The minimum absolute atomic E-state index is 0.0294. The van der Waals surface area contributed by atoms with E-state index < -0.39 is 0 Å². The van der Waals surface area contributed by atoms with E-state index in [9.17, 15) is 9.59 Å². The molecule has 1 saturated heterocycles. The number of hydrogen-bond donors (Lipinski definition) is 0. The summed E-state index contributed by atoms with van der Waals surface area (Å²) in [4.78, 5) is 24.6. The van der Waals surface area contributed by atoms with E-state index in [1.54, 1.807) is 11.0 Å². The molecule has 1 heterocycles. The first-order chi connectivity index (χ1) is 7.72. The third kappa shape index (κ3) is 1.98. The lowest BCUT2D eigenvalue weighted by molar-refractivity contribution is -0.111. The van der Waals surface area contributed by atoms with Crippen molar-refractivity contribution in [3.05, 3.63) is 35.4 Å². The second kappa shape index (κ2) is 4.47. The molecule has 1 atom stereocenters. The van der Waals surface area contributed by atoms with Crippen LogP contribution in [0.2, 0.25) is 0 Å². The standard InChI is InChI=1S/C13H15NO2/c1-10-4-2-5-11(8-10)13(16)14-7-3-6-12(14)9-15/h2,4-5,8-9,12H,3,6-7H2,1H3. The van der Waals surface area contributed by atoms with Gasteiger partial charge in [0, 0.05) is 12.1 Å². The molecule has 3 nitrogen and oxygen atoms in total. The lowest BCUT2D eigenvalue weighted by atomic mass is 10.1. The Labute approximate surface area is 95.1 Å². The molecule has 1 aliphatic heterocycles.